The normalized spacial score (nSPS) is 10.9. The number of carbonyl (C=O) groups excluding carboxylic acids is 1. The van der Waals surface area contributed by atoms with Crippen LogP contribution in [0.15, 0.2) is 97.1 Å². The molecule has 166 valence electrons. The van der Waals surface area contributed by atoms with Gasteiger partial charge in [0.25, 0.3) is 0 Å². The molecule has 0 spiro atoms. The first-order valence-electron chi connectivity index (χ1n) is 10.8. The number of carbonyl (C=O) groups is 1. The zero-order valence-corrected chi connectivity index (χ0v) is 18.4. The lowest BCUT2D eigenvalue weighted by Gasteiger charge is -2.13. The van der Waals surface area contributed by atoms with Gasteiger partial charge in [0.15, 0.2) is 17.4 Å². The van der Waals surface area contributed by atoms with E-state index in [1.54, 1.807) is 71.4 Å². The molecule has 6 nitrogen and oxygen atoms in total. The molecule has 0 bridgehead atoms. The Balaban J connectivity index is 1.78. The number of phenolic OH excluding ortho intramolecular Hbond substituents is 2. The van der Waals surface area contributed by atoms with Crippen LogP contribution < -0.4 is 0 Å². The fourth-order valence-electron chi connectivity index (χ4n) is 3.85. The van der Waals surface area contributed by atoms with Gasteiger partial charge >= 0.3 is 0 Å². The second kappa shape index (κ2) is 8.67. The molecule has 0 atom stereocenters. The maximum absolute atomic E-state index is 13.4. The van der Waals surface area contributed by atoms with Crippen LogP contribution in [-0.2, 0) is 0 Å². The molecule has 0 aliphatic rings. The van der Waals surface area contributed by atoms with Gasteiger partial charge in [-0.05, 0) is 48.9 Å². The summed E-state index contributed by atoms with van der Waals surface area (Å²) >= 11 is 0. The highest BCUT2D eigenvalue weighted by Gasteiger charge is 2.23. The summed E-state index contributed by atoms with van der Waals surface area (Å²) in [5.74, 6) is 0.537. The Kier molecular flexibility index (Phi) is 5.40. The molecule has 0 radical (unpaired) electrons. The molecule has 2 N–H and O–H groups in total. The molecular formula is C28H21N3O3. The lowest BCUT2D eigenvalue weighted by Crippen LogP contribution is -2.10. The minimum Gasteiger partial charge on any atom is -0.507 e. The molecule has 0 fully saturated rings. The minimum atomic E-state index is -0.154. The van der Waals surface area contributed by atoms with E-state index in [0.29, 0.717) is 33.8 Å². The van der Waals surface area contributed by atoms with Gasteiger partial charge in [-0.1, -0.05) is 60.7 Å². The standard InChI is InChI=1S/C28H21N3O3/c1-18-15-16-20(26(34)19-9-3-2-4-10-19)23(17-18)31-28(22-12-6-8-14-25(22)33)29-27(30-31)21-11-5-7-13-24(21)32/h2-17,32-33H,1H3. The van der Waals surface area contributed by atoms with E-state index in [2.05, 4.69) is 10.1 Å². The molecule has 0 saturated carbocycles. The number of ketones is 1. The first-order valence-corrected chi connectivity index (χ1v) is 10.8. The van der Waals surface area contributed by atoms with E-state index in [-0.39, 0.29) is 23.1 Å². The van der Waals surface area contributed by atoms with Crippen molar-refractivity contribution < 1.29 is 15.0 Å². The largest absolute Gasteiger partial charge is 0.507 e. The Morgan fingerprint density at radius 2 is 1.38 bits per heavy atom. The van der Waals surface area contributed by atoms with Crippen molar-refractivity contribution in [3.8, 4) is 40.0 Å². The summed E-state index contributed by atoms with van der Waals surface area (Å²) in [6, 6.07) is 28.2. The molecule has 6 heteroatoms. The summed E-state index contributed by atoms with van der Waals surface area (Å²) in [7, 11) is 0. The number of hydrogen-bond acceptors (Lipinski definition) is 5. The molecule has 0 unspecified atom stereocenters. The monoisotopic (exact) mass is 447 g/mol. The molecule has 34 heavy (non-hydrogen) atoms. The van der Waals surface area contributed by atoms with Gasteiger partial charge in [-0.25, -0.2) is 9.67 Å². The summed E-state index contributed by atoms with van der Waals surface area (Å²) in [6.07, 6.45) is 0. The molecule has 0 aliphatic heterocycles. The van der Waals surface area contributed by atoms with E-state index in [1.807, 2.05) is 37.3 Å². The quantitative estimate of drug-likeness (QED) is 0.345. The number of aromatic hydroxyl groups is 2. The van der Waals surface area contributed by atoms with E-state index in [4.69, 9.17) is 0 Å². The third kappa shape index (κ3) is 3.82. The summed E-state index contributed by atoms with van der Waals surface area (Å²) in [5, 5.41) is 25.7. The fraction of sp³-hybridized carbons (Fsp3) is 0.0357. The Bertz CT molecular complexity index is 1510. The van der Waals surface area contributed by atoms with Crippen molar-refractivity contribution in [1.82, 2.24) is 14.8 Å². The third-order valence-electron chi connectivity index (χ3n) is 5.56. The van der Waals surface area contributed by atoms with Gasteiger partial charge in [-0.3, -0.25) is 4.79 Å². The average Bonchev–Trinajstić information content (AvgIpc) is 3.29. The SMILES string of the molecule is Cc1ccc(C(=O)c2ccccc2)c(-n2nc(-c3ccccc3O)nc2-c2ccccc2O)c1. The van der Waals surface area contributed by atoms with Crippen molar-refractivity contribution in [1.29, 1.82) is 0 Å². The first-order chi connectivity index (χ1) is 16.5. The second-order valence-electron chi connectivity index (χ2n) is 7.92. The number of para-hydroxylation sites is 2. The molecule has 1 heterocycles. The van der Waals surface area contributed by atoms with Crippen LogP contribution in [0.2, 0.25) is 0 Å². The van der Waals surface area contributed by atoms with Gasteiger partial charge in [0.05, 0.1) is 16.8 Å². The van der Waals surface area contributed by atoms with Crippen molar-refractivity contribution in [3.05, 3.63) is 114 Å². The molecular weight excluding hydrogens is 426 g/mol. The van der Waals surface area contributed by atoms with Crippen LogP contribution >= 0.6 is 0 Å². The maximum Gasteiger partial charge on any atom is 0.195 e. The van der Waals surface area contributed by atoms with E-state index in [1.165, 1.54) is 0 Å². The van der Waals surface area contributed by atoms with Crippen LogP contribution in [0, 0.1) is 6.92 Å². The van der Waals surface area contributed by atoms with Crippen molar-refractivity contribution >= 4 is 5.78 Å². The molecule has 1 aromatic heterocycles. The number of aryl methyl sites for hydroxylation is 1. The number of phenols is 2. The highest BCUT2D eigenvalue weighted by atomic mass is 16.3. The molecule has 0 saturated heterocycles. The van der Waals surface area contributed by atoms with E-state index in [0.717, 1.165) is 5.56 Å². The Hall–Kier alpha value is -4.71. The van der Waals surface area contributed by atoms with Crippen LogP contribution in [-0.4, -0.2) is 30.8 Å². The van der Waals surface area contributed by atoms with E-state index < -0.39 is 0 Å². The van der Waals surface area contributed by atoms with Crippen molar-refractivity contribution in [2.75, 3.05) is 0 Å². The topological polar surface area (TPSA) is 88.2 Å². The number of hydrogen-bond donors (Lipinski definition) is 2. The number of aromatic nitrogens is 3. The van der Waals surface area contributed by atoms with Crippen LogP contribution in [0.3, 0.4) is 0 Å². The molecule has 0 amide bonds. The van der Waals surface area contributed by atoms with E-state index in [9.17, 15) is 15.0 Å². The first kappa shape index (κ1) is 21.2. The maximum atomic E-state index is 13.4. The van der Waals surface area contributed by atoms with Gasteiger partial charge < -0.3 is 10.2 Å². The number of nitrogens with zero attached hydrogens (tertiary/aromatic N) is 3. The summed E-state index contributed by atoms with van der Waals surface area (Å²) in [4.78, 5) is 18.1. The predicted octanol–water partition coefficient (Wildman–Crippen LogP) is 5.55. The minimum absolute atomic E-state index is 0.0311. The van der Waals surface area contributed by atoms with Gasteiger partial charge in [0.1, 0.15) is 11.5 Å². The van der Waals surface area contributed by atoms with Gasteiger partial charge in [-0.2, -0.15) is 0 Å². The Morgan fingerprint density at radius 1 is 0.765 bits per heavy atom. The number of rotatable bonds is 5. The van der Waals surface area contributed by atoms with Crippen molar-refractivity contribution in [3.63, 3.8) is 0 Å². The Labute approximate surface area is 196 Å². The average molecular weight is 447 g/mol. The summed E-state index contributed by atoms with van der Waals surface area (Å²) in [6.45, 7) is 1.93. The van der Waals surface area contributed by atoms with Gasteiger partial charge in [0.2, 0.25) is 0 Å². The van der Waals surface area contributed by atoms with E-state index >= 15 is 0 Å². The molecule has 5 rings (SSSR count). The third-order valence-corrected chi connectivity index (χ3v) is 5.56. The lowest BCUT2D eigenvalue weighted by molar-refractivity contribution is 0.103. The zero-order valence-electron chi connectivity index (χ0n) is 18.4. The fourth-order valence-corrected chi connectivity index (χ4v) is 3.85. The van der Waals surface area contributed by atoms with Crippen LogP contribution in [0.25, 0.3) is 28.5 Å². The summed E-state index contributed by atoms with van der Waals surface area (Å²) < 4.78 is 1.56. The second-order valence-corrected chi connectivity index (χ2v) is 7.92. The smallest absolute Gasteiger partial charge is 0.195 e. The predicted molar refractivity (Wildman–Crippen MR) is 130 cm³/mol. The van der Waals surface area contributed by atoms with Crippen LogP contribution in [0.4, 0.5) is 0 Å². The zero-order chi connectivity index (χ0) is 23.7. The van der Waals surface area contributed by atoms with Crippen molar-refractivity contribution in [2.45, 2.75) is 6.92 Å². The number of benzene rings is 4. The Morgan fingerprint density at radius 3 is 2.06 bits per heavy atom. The molecule has 5 aromatic rings. The van der Waals surface area contributed by atoms with Gasteiger partial charge in [0, 0.05) is 11.1 Å². The molecule has 0 aliphatic carbocycles. The van der Waals surface area contributed by atoms with Crippen molar-refractivity contribution in [2.24, 2.45) is 0 Å². The van der Waals surface area contributed by atoms with Crippen LogP contribution in [0.1, 0.15) is 21.5 Å². The highest BCUT2D eigenvalue weighted by molar-refractivity contribution is 6.11. The lowest BCUT2D eigenvalue weighted by atomic mass is 10.00. The highest BCUT2D eigenvalue weighted by Crippen LogP contribution is 2.34. The van der Waals surface area contributed by atoms with Crippen LogP contribution in [0.5, 0.6) is 11.5 Å². The van der Waals surface area contributed by atoms with Gasteiger partial charge in [-0.15, -0.1) is 5.10 Å². The summed E-state index contributed by atoms with van der Waals surface area (Å²) in [5.41, 5.74) is 3.36. The molecule has 4 aromatic carbocycles.